The first-order valence-electron chi connectivity index (χ1n) is 14.3. The Morgan fingerprint density at radius 3 is 2.52 bits per heavy atom. The number of anilines is 1. The van der Waals surface area contributed by atoms with E-state index in [2.05, 4.69) is 40.9 Å². The molecule has 4 aromatic heterocycles. The van der Waals surface area contributed by atoms with Crippen LogP contribution in [0, 0.1) is 5.92 Å². The minimum atomic E-state index is -0.938. The lowest BCUT2D eigenvalue weighted by molar-refractivity contribution is -0.140. The molecule has 0 spiro atoms. The summed E-state index contributed by atoms with van der Waals surface area (Å²) in [6.45, 7) is 5.29. The second-order valence-electron chi connectivity index (χ2n) is 11.6. The number of carbonyl (C=O) groups is 1. The lowest BCUT2D eigenvalue weighted by atomic mass is 9.93. The van der Waals surface area contributed by atoms with E-state index in [4.69, 9.17) is 4.52 Å². The molecule has 1 aromatic carbocycles. The van der Waals surface area contributed by atoms with Crippen molar-refractivity contribution in [1.82, 2.24) is 29.9 Å². The van der Waals surface area contributed by atoms with E-state index in [-0.39, 0.29) is 11.7 Å². The van der Waals surface area contributed by atoms with Crippen LogP contribution >= 0.6 is 0 Å². The van der Waals surface area contributed by atoms with Crippen molar-refractivity contribution < 1.29 is 19.5 Å². The maximum absolute atomic E-state index is 11.7. The van der Waals surface area contributed by atoms with Crippen molar-refractivity contribution in [2.75, 3.05) is 18.0 Å². The van der Waals surface area contributed by atoms with Crippen LogP contribution < -0.4 is 4.90 Å². The Kier molecular flexibility index (Phi) is 6.37. The molecular weight excluding hydrogens is 534 g/mol. The number of carboxylic acids is 1. The molecule has 2 aliphatic rings. The van der Waals surface area contributed by atoms with Gasteiger partial charge in [-0.15, -0.1) is 10.2 Å². The number of carboxylic acid groups (broad SMARTS) is 1. The Morgan fingerprint density at radius 2 is 1.81 bits per heavy atom. The van der Waals surface area contributed by atoms with Gasteiger partial charge in [0.2, 0.25) is 5.95 Å². The normalized spacial score (nSPS) is 17.8. The molecule has 0 bridgehead atoms. The molecule has 11 heteroatoms. The molecule has 5 aromatic rings. The van der Waals surface area contributed by atoms with Crippen LogP contribution in [0.25, 0.3) is 33.5 Å². The van der Waals surface area contributed by atoms with Gasteiger partial charge in [-0.25, -0.2) is 9.97 Å². The SMILES string of the molecule is CC(C)C(C(=O)O)c1cc(-c2cnc(N3CC[C@@H](c4cc5nnc(-c6ccccc6O)cc5n4C4CC4)C3)nc2)no1. The summed E-state index contributed by atoms with van der Waals surface area (Å²) in [5, 5.41) is 33.0. The quantitative estimate of drug-likeness (QED) is 0.251. The number of phenolic OH excluding ortho intramolecular Hbond substituents is 1. The van der Waals surface area contributed by atoms with Gasteiger partial charge < -0.3 is 24.2 Å². The molecule has 214 valence electrons. The monoisotopic (exact) mass is 565 g/mol. The van der Waals surface area contributed by atoms with Gasteiger partial charge in [-0.05, 0) is 49.4 Å². The minimum absolute atomic E-state index is 0.130. The molecule has 5 heterocycles. The van der Waals surface area contributed by atoms with E-state index in [0.717, 1.165) is 43.4 Å². The van der Waals surface area contributed by atoms with Gasteiger partial charge >= 0.3 is 5.97 Å². The summed E-state index contributed by atoms with van der Waals surface area (Å²) >= 11 is 0. The van der Waals surface area contributed by atoms with Gasteiger partial charge in [0.1, 0.15) is 22.9 Å². The molecule has 0 amide bonds. The van der Waals surface area contributed by atoms with E-state index >= 15 is 0 Å². The fourth-order valence-corrected chi connectivity index (χ4v) is 6.02. The smallest absolute Gasteiger partial charge is 0.314 e. The van der Waals surface area contributed by atoms with Crippen LogP contribution in [-0.2, 0) is 4.79 Å². The van der Waals surface area contributed by atoms with E-state index < -0.39 is 11.9 Å². The fourth-order valence-electron chi connectivity index (χ4n) is 6.02. The number of benzene rings is 1. The zero-order valence-corrected chi connectivity index (χ0v) is 23.4. The average Bonchev–Trinajstić information content (AvgIpc) is 3.34. The zero-order chi connectivity index (χ0) is 29.0. The predicted octanol–water partition coefficient (Wildman–Crippen LogP) is 5.40. The highest BCUT2D eigenvalue weighted by atomic mass is 16.5. The third kappa shape index (κ3) is 4.64. The first kappa shape index (κ1) is 26.1. The molecule has 11 nitrogen and oxygen atoms in total. The van der Waals surface area contributed by atoms with Crippen molar-refractivity contribution in [3.63, 3.8) is 0 Å². The number of aromatic hydroxyl groups is 1. The Labute approximate surface area is 241 Å². The van der Waals surface area contributed by atoms with E-state index in [1.54, 1.807) is 30.6 Å². The van der Waals surface area contributed by atoms with Gasteiger partial charge in [-0.2, -0.15) is 0 Å². The average molecular weight is 566 g/mol. The topological polar surface area (TPSA) is 143 Å². The number of para-hydroxylation sites is 1. The van der Waals surface area contributed by atoms with Crippen molar-refractivity contribution >= 4 is 23.0 Å². The summed E-state index contributed by atoms with van der Waals surface area (Å²) in [6, 6.07) is 13.5. The zero-order valence-electron chi connectivity index (χ0n) is 23.4. The summed E-state index contributed by atoms with van der Waals surface area (Å²) in [5.74, 6) is -0.381. The molecule has 0 radical (unpaired) electrons. The number of hydrogen-bond acceptors (Lipinski definition) is 9. The highest BCUT2D eigenvalue weighted by Crippen LogP contribution is 2.43. The van der Waals surface area contributed by atoms with Gasteiger partial charge in [0.15, 0.2) is 5.76 Å². The Hall–Kier alpha value is -4.80. The van der Waals surface area contributed by atoms with Crippen molar-refractivity contribution in [2.45, 2.75) is 51.0 Å². The standard InChI is InChI=1S/C31H31N7O4/c1-17(2)29(30(40)41)28-13-22(36-42-28)19-14-32-31(33-15-19)37-10-9-18(16-37)25-12-24-26(38(25)20-7-8-20)11-23(34-35-24)21-5-3-4-6-27(21)39/h3-6,11-15,17-18,20,29,39H,7-10,16H2,1-2H3,(H,40,41)/t18-,29?/m1/s1. The lowest BCUT2D eigenvalue weighted by Crippen LogP contribution is -2.22. The van der Waals surface area contributed by atoms with Gasteiger partial charge in [0, 0.05) is 60.3 Å². The third-order valence-corrected chi connectivity index (χ3v) is 8.31. The summed E-state index contributed by atoms with van der Waals surface area (Å²) < 4.78 is 7.80. The maximum Gasteiger partial charge on any atom is 0.314 e. The van der Waals surface area contributed by atoms with Crippen molar-refractivity contribution in [1.29, 1.82) is 0 Å². The molecule has 1 saturated carbocycles. The number of hydrogen-bond donors (Lipinski definition) is 2. The van der Waals surface area contributed by atoms with E-state index in [0.29, 0.717) is 46.2 Å². The summed E-state index contributed by atoms with van der Waals surface area (Å²) in [5.41, 5.74) is 5.69. The molecule has 2 N–H and O–H groups in total. The van der Waals surface area contributed by atoms with Gasteiger partial charge in [0.25, 0.3) is 0 Å². The van der Waals surface area contributed by atoms with E-state index in [1.165, 1.54) is 5.69 Å². The fraction of sp³-hybridized carbons (Fsp3) is 0.355. The first-order valence-corrected chi connectivity index (χ1v) is 14.3. The molecule has 1 saturated heterocycles. The number of nitrogens with zero attached hydrogens (tertiary/aromatic N) is 7. The van der Waals surface area contributed by atoms with E-state index in [9.17, 15) is 15.0 Å². The largest absolute Gasteiger partial charge is 0.507 e. The highest BCUT2D eigenvalue weighted by Gasteiger charge is 2.34. The Bertz CT molecular complexity index is 1770. The van der Waals surface area contributed by atoms with Crippen molar-refractivity contribution in [3.05, 3.63) is 66.3 Å². The number of aliphatic carboxylic acids is 1. The third-order valence-electron chi connectivity index (χ3n) is 8.31. The molecular formula is C31H31N7O4. The summed E-state index contributed by atoms with van der Waals surface area (Å²) in [4.78, 5) is 23.1. The highest BCUT2D eigenvalue weighted by molar-refractivity contribution is 5.82. The van der Waals surface area contributed by atoms with Gasteiger partial charge in [-0.3, -0.25) is 4.79 Å². The van der Waals surface area contributed by atoms with E-state index in [1.807, 2.05) is 32.0 Å². The lowest BCUT2D eigenvalue weighted by Gasteiger charge is -2.18. The number of aromatic nitrogens is 6. The van der Waals surface area contributed by atoms with Gasteiger partial charge in [-0.1, -0.05) is 31.1 Å². The maximum atomic E-state index is 11.7. The predicted molar refractivity (Wildman–Crippen MR) is 155 cm³/mol. The van der Waals surface area contributed by atoms with Crippen LogP contribution in [0.2, 0.25) is 0 Å². The first-order chi connectivity index (χ1) is 20.4. The van der Waals surface area contributed by atoms with Crippen LogP contribution in [0.5, 0.6) is 5.75 Å². The van der Waals surface area contributed by atoms with Crippen LogP contribution in [-0.4, -0.2) is 59.2 Å². The molecule has 1 aliphatic heterocycles. The second kappa shape index (κ2) is 10.2. The summed E-state index contributed by atoms with van der Waals surface area (Å²) in [6.07, 6.45) is 6.66. The van der Waals surface area contributed by atoms with Crippen molar-refractivity contribution in [3.8, 4) is 28.3 Å². The number of rotatable bonds is 8. The molecule has 2 fully saturated rings. The second-order valence-corrected chi connectivity index (χ2v) is 11.6. The van der Waals surface area contributed by atoms with Crippen LogP contribution in [0.3, 0.4) is 0 Å². The number of phenols is 1. The molecule has 7 rings (SSSR count). The molecule has 42 heavy (non-hydrogen) atoms. The number of fused-ring (bicyclic) bond motifs is 1. The van der Waals surface area contributed by atoms with Gasteiger partial charge in [0.05, 0.1) is 11.2 Å². The van der Waals surface area contributed by atoms with Crippen LogP contribution in [0.4, 0.5) is 5.95 Å². The minimum Gasteiger partial charge on any atom is -0.507 e. The molecule has 2 atom stereocenters. The molecule has 1 aliphatic carbocycles. The molecule has 1 unspecified atom stereocenters. The van der Waals surface area contributed by atoms with Crippen LogP contribution in [0.15, 0.2) is 59.4 Å². The summed E-state index contributed by atoms with van der Waals surface area (Å²) in [7, 11) is 0. The van der Waals surface area contributed by atoms with Crippen LogP contribution in [0.1, 0.15) is 62.4 Å². The Balaban J connectivity index is 1.12. The van der Waals surface area contributed by atoms with Crippen molar-refractivity contribution in [2.24, 2.45) is 5.92 Å². The Morgan fingerprint density at radius 1 is 1.02 bits per heavy atom.